The third-order valence-electron chi connectivity index (χ3n) is 3.53. The Bertz CT molecular complexity index is 507. The van der Waals surface area contributed by atoms with Crippen LogP contribution in [0, 0.1) is 5.92 Å². The van der Waals surface area contributed by atoms with E-state index in [4.69, 9.17) is 5.11 Å². The monoisotopic (exact) mass is 340 g/mol. The van der Waals surface area contributed by atoms with Gasteiger partial charge in [-0.3, -0.25) is 9.59 Å². The minimum Gasteiger partial charge on any atom is -0.481 e. The summed E-state index contributed by atoms with van der Waals surface area (Å²) < 4.78 is 0.692. The van der Waals surface area contributed by atoms with Gasteiger partial charge in [-0.05, 0) is 53.2 Å². The topological polar surface area (TPSA) is 70.5 Å². The van der Waals surface area contributed by atoms with E-state index in [0.29, 0.717) is 29.7 Å². The number of carbonyl (C=O) groups is 2. The Morgan fingerprint density at radius 3 is 3.00 bits per heavy atom. The first-order chi connectivity index (χ1) is 9.58. The number of piperidine rings is 1. The van der Waals surface area contributed by atoms with Crippen molar-refractivity contribution in [2.45, 2.75) is 25.7 Å². The zero-order chi connectivity index (χ0) is 14.5. The van der Waals surface area contributed by atoms with Gasteiger partial charge in [0.15, 0.2) is 0 Å². The average Bonchev–Trinajstić information content (AvgIpc) is 2.45. The predicted molar refractivity (Wildman–Crippen MR) is 77.4 cm³/mol. The molecule has 0 saturated carbocycles. The molecule has 6 heteroatoms. The van der Waals surface area contributed by atoms with Gasteiger partial charge in [-0.2, -0.15) is 0 Å². The number of hydrogen-bond acceptors (Lipinski definition) is 3. The Balaban J connectivity index is 2.00. The number of nitrogens with zero attached hydrogens (tertiary/aromatic N) is 2. The number of hydrogen-bond donors (Lipinski definition) is 1. The standard InChI is InChI=1S/C14H17BrN2O3/c15-11-4-1-7-16-13(11)14(20)17-8-2-3-10(9-17)5-6-12(18)19/h1,4,7,10H,2-3,5-6,8-9H2,(H,18,19). The Morgan fingerprint density at radius 2 is 2.30 bits per heavy atom. The van der Waals surface area contributed by atoms with Crippen LogP contribution in [0.4, 0.5) is 0 Å². The molecule has 1 atom stereocenters. The van der Waals surface area contributed by atoms with E-state index in [0.717, 1.165) is 12.8 Å². The van der Waals surface area contributed by atoms with E-state index in [9.17, 15) is 9.59 Å². The van der Waals surface area contributed by atoms with Crippen molar-refractivity contribution in [1.29, 1.82) is 0 Å². The smallest absolute Gasteiger partial charge is 0.303 e. The minimum atomic E-state index is -0.777. The Kier molecular flexibility index (Phi) is 5.11. The van der Waals surface area contributed by atoms with Crippen LogP contribution in [-0.2, 0) is 4.79 Å². The van der Waals surface area contributed by atoms with Gasteiger partial charge in [0.25, 0.3) is 5.91 Å². The number of carboxylic acid groups (broad SMARTS) is 1. The van der Waals surface area contributed by atoms with Gasteiger partial charge in [0.1, 0.15) is 5.69 Å². The maximum Gasteiger partial charge on any atom is 0.303 e. The summed E-state index contributed by atoms with van der Waals surface area (Å²) in [5.74, 6) is -0.593. The molecule has 2 heterocycles. The molecule has 1 aliphatic heterocycles. The van der Waals surface area contributed by atoms with Gasteiger partial charge in [0.2, 0.25) is 0 Å². The summed E-state index contributed by atoms with van der Waals surface area (Å²) in [4.78, 5) is 28.9. The number of halogens is 1. The second-order valence-electron chi connectivity index (χ2n) is 5.03. The fraction of sp³-hybridized carbons (Fsp3) is 0.500. The number of pyridine rings is 1. The predicted octanol–water partition coefficient (Wildman–Crippen LogP) is 2.56. The van der Waals surface area contributed by atoms with Gasteiger partial charge in [-0.1, -0.05) is 0 Å². The molecule has 1 saturated heterocycles. The molecule has 1 fully saturated rings. The fourth-order valence-corrected chi connectivity index (χ4v) is 2.93. The number of aromatic nitrogens is 1. The molecule has 0 aromatic carbocycles. The Labute approximate surface area is 126 Å². The summed E-state index contributed by atoms with van der Waals surface area (Å²) in [7, 11) is 0. The highest BCUT2D eigenvalue weighted by Gasteiger charge is 2.26. The first-order valence-electron chi connectivity index (χ1n) is 6.69. The largest absolute Gasteiger partial charge is 0.481 e. The van der Waals surface area contributed by atoms with E-state index < -0.39 is 5.97 Å². The van der Waals surface area contributed by atoms with E-state index in [-0.39, 0.29) is 18.2 Å². The normalized spacial score (nSPS) is 18.9. The van der Waals surface area contributed by atoms with Crippen molar-refractivity contribution >= 4 is 27.8 Å². The lowest BCUT2D eigenvalue weighted by atomic mass is 9.93. The lowest BCUT2D eigenvalue weighted by molar-refractivity contribution is -0.137. The molecule has 0 aliphatic carbocycles. The molecule has 0 bridgehead atoms. The molecule has 1 unspecified atom stereocenters. The molecule has 0 radical (unpaired) electrons. The first kappa shape index (κ1) is 15.0. The fourth-order valence-electron chi connectivity index (χ4n) is 2.51. The molecule has 1 amide bonds. The molecule has 5 nitrogen and oxygen atoms in total. The first-order valence-corrected chi connectivity index (χ1v) is 7.49. The van der Waals surface area contributed by atoms with Gasteiger partial charge in [-0.15, -0.1) is 0 Å². The molecule has 20 heavy (non-hydrogen) atoms. The van der Waals surface area contributed by atoms with E-state index in [1.54, 1.807) is 23.2 Å². The lowest BCUT2D eigenvalue weighted by Gasteiger charge is -2.32. The summed E-state index contributed by atoms with van der Waals surface area (Å²) in [6, 6.07) is 3.57. The van der Waals surface area contributed by atoms with Gasteiger partial charge in [-0.25, -0.2) is 4.98 Å². The average molecular weight is 341 g/mol. The summed E-state index contributed by atoms with van der Waals surface area (Å²) in [5, 5.41) is 8.74. The van der Waals surface area contributed by atoms with Gasteiger partial charge in [0.05, 0.1) is 0 Å². The quantitative estimate of drug-likeness (QED) is 0.914. The van der Waals surface area contributed by atoms with Crippen LogP contribution in [0.2, 0.25) is 0 Å². The Morgan fingerprint density at radius 1 is 1.50 bits per heavy atom. The summed E-state index contributed by atoms with van der Waals surface area (Å²) in [6.07, 6.45) is 4.30. The molecule has 2 rings (SSSR count). The third kappa shape index (κ3) is 3.79. The van der Waals surface area contributed by atoms with Crippen LogP contribution in [-0.4, -0.2) is 40.0 Å². The van der Waals surface area contributed by atoms with Crippen LogP contribution in [0.1, 0.15) is 36.2 Å². The molecular formula is C14H17BrN2O3. The van der Waals surface area contributed by atoms with Gasteiger partial charge < -0.3 is 10.0 Å². The highest BCUT2D eigenvalue weighted by atomic mass is 79.9. The van der Waals surface area contributed by atoms with Crippen molar-refractivity contribution in [3.8, 4) is 0 Å². The second-order valence-corrected chi connectivity index (χ2v) is 5.88. The molecular weight excluding hydrogens is 324 g/mol. The van der Waals surface area contributed by atoms with Crippen LogP contribution >= 0.6 is 15.9 Å². The lowest BCUT2D eigenvalue weighted by Crippen LogP contribution is -2.40. The second kappa shape index (κ2) is 6.83. The molecule has 1 N–H and O–H groups in total. The van der Waals surface area contributed by atoms with Gasteiger partial charge >= 0.3 is 5.97 Å². The maximum atomic E-state index is 12.4. The van der Waals surface area contributed by atoms with E-state index in [2.05, 4.69) is 20.9 Å². The van der Waals surface area contributed by atoms with Crippen LogP contribution < -0.4 is 0 Å². The van der Waals surface area contributed by atoms with E-state index in [1.165, 1.54) is 0 Å². The summed E-state index contributed by atoms with van der Waals surface area (Å²) in [5.41, 5.74) is 0.423. The van der Waals surface area contributed by atoms with Crippen LogP contribution in [0.15, 0.2) is 22.8 Å². The molecule has 108 valence electrons. The van der Waals surface area contributed by atoms with Gasteiger partial charge in [0, 0.05) is 30.2 Å². The number of rotatable bonds is 4. The number of carbonyl (C=O) groups excluding carboxylic acids is 1. The van der Waals surface area contributed by atoms with Crippen molar-refractivity contribution < 1.29 is 14.7 Å². The number of carboxylic acids is 1. The van der Waals surface area contributed by atoms with Crippen molar-refractivity contribution in [2.24, 2.45) is 5.92 Å². The third-order valence-corrected chi connectivity index (χ3v) is 4.17. The minimum absolute atomic E-state index is 0.0856. The molecule has 1 aromatic heterocycles. The Hall–Kier alpha value is -1.43. The van der Waals surface area contributed by atoms with E-state index in [1.807, 2.05) is 0 Å². The molecule has 0 spiro atoms. The summed E-state index contributed by atoms with van der Waals surface area (Å²) >= 11 is 3.34. The van der Waals surface area contributed by atoms with Crippen molar-refractivity contribution in [3.05, 3.63) is 28.5 Å². The SMILES string of the molecule is O=C(O)CCC1CCCN(C(=O)c2ncccc2Br)C1. The summed E-state index contributed by atoms with van der Waals surface area (Å²) in [6.45, 7) is 1.33. The molecule has 1 aliphatic rings. The number of likely N-dealkylation sites (tertiary alicyclic amines) is 1. The zero-order valence-electron chi connectivity index (χ0n) is 11.1. The zero-order valence-corrected chi connectivity index (χ0v) is 12.7. The van der Waals surface area contributed by atoms with Crippen LogP contribution in [0.3, 0.4) is 0 Å². The highest BCUT2D eigenvalue weighted by molar-refractivity contribution is 9.10. The van der Waals surface area contributed by atoms with Crippen molar-refractivity contribution in [1.82, 2.24) is 9.88 Å². The number of aliphatic carboxylic acids is 1. The van der Waals surface area contributed by atoms with E-state index >= 15 is 0 Å². The highest BCUT2D eigenvalue weighted by Crippen LogP contribution is 2.23. The van der Waals surface area contributed by atoms with Crippen LogP contribution in [0.25, 0.3) is 0 Å². The maximum absolute atomic E-state index is 12.4. The molecule has 1 aromatic rings. The van der Waals surface area contributed by atoms with Crippen LogP contribution in [0.5, 0.6) is 0 Å². The number of amides is 1. The van der Waals surface area contributed by atoms with Crippen molar-refractivity contribution in [3.63, 3.8) is 0 Å². The van der Waals surface area contributed by atoms with Crippen molar-refractivity contribution in [2.75, 3.05) is 13.1 Å².